The lowest BCUT2D eigenvalue weighted by atomic mass is 9.99. The van der Waals surface area contributed by atoms with Crippen molar-refractivity contribution < 1.29 is 19.1 Å². The van der Waals surface area contributed by atoms with E-state index in [1.165, 1.54) is 0 Å². The molecular weight excluding hydrogens is 390 g/mol. The molecule has 0 aliphatic carbocycles. The third-order valence-corrected chi connectivity index (χ3v) is 4.76. The molecule has 3 rings (SSSR count). The van der Waals surface area contributed by atoms with Gasteiger partial charge in [0.2, 0.25) is 0 Å². The van der Waals surface area contributed by atoms with Crippen molar-refractivity contribution in [2.75, 3.05) is 13.2 Å². The highest BCUT2D eigenvalue weighted by atomic mass is 16.5. The number of benzene rings is 3. The van der Waals surface area contributed by atoms with Crippen LogP contribution >= 0.6 is 0 Å². The second-order valence-corrected chi connectivity index (χ2v) is 7.12. The molecule has 0 saturated carbocycles. The van der Waals surface area contributed by atoms with Crippen molar-refractivity contribution in [1.29, 1.82) is 0 Å². The Bertz CT molecular complexity index is 916. The smallest absolute Gasteiger partial charge is 0.338 e. The van der Waals surface area contributed by atoms with Gasteiger partial charge in [0.1, 0.15) is 5.75 Å². The summed E-state index contributed by atoms with van der Waals surface area (Å²) in [6.45, 7) is 2.38. The van der Waals surface area contributed by atoms with Crippen LogP contribution in [0.25, 0.3) is 0 Å². The summed E-state index contributed by atoms with van der Waals surface area (Å²) in [6.07, 6.45) is 2.04. The molecule has 5 heteroatoms. The van der Waals surface area contributed by atoms with Crippen molar-refractivity contribution in [3.63, 3.8) is 0 Å². The molecule has 1 amide bonds. The maximum absolute atomic E-state index is 12.5. The van der Waals surface area contributed by atoms with Gasteiger partial charge in [0.15, 0.2) is 6.61 Å². The summed E-state index contributed by atoms with van der Waals surface area (Å²) < 4.78 is 10.8. The van der Waals surface area contributed by atoms with E-state index in [1.807, 2.05) is 60.7 Å². The van der Waals surface area contributed by atoms with Gasteiger partial charge in [0.25, 0.3) is 5.91 Å². The fourth-order valence-electron chi connectivity index (χ4n) is 3.09. The largest absolute Gasteiger partial charge is 0.494 e. The number of rotatable bonds is 10. The standard InChI is InChI=1S/C26H27NO4/c1-2-3-18-30-23-16-14-22(15-17-23)26(29)31-19-24(28)27-25(20-10-6-4-7-11-20)21-12-8-5-9-13-21/h4-17,25H,2-3,18-19H2,1H3,(H,27,28). The van der Waals surface area contributed by atoms with Crippen molar-refractivity contribution in [2.24, 2.45) is 0 Å². The lowest BCUT2D eigenvalue weighted by Gasteiger charge is -2.20. The number of hydrogen-bond acceptors (Lipinski definition) is 4. The highest BCUT2D eigenvalue weighted by Crippen LogP contribution is 2.21. The van der Waals surface area contributed by atoms with Crippen molar-refractivity contribution in [1.82, 2.24) is 5.32 Å². The Morgan fingerprint density at radius 1 is 0.839 bits per heavy atom. The minimum absolute atomic E-state index is 0.326. The molecule has 0 radical (unpaired) electrons. The van der Waals surface area contributed by atoms with E-state index in [4.69, 9.17) is 9.47 Å². The molecule has 0 heterocycles. The zero-order valence-electron chi connectivity index (χ0n) is 17.6. The first-order valence-corrected chi connectivity index (χ1v) is 10.5. The monoisotopic (exact) mass is 417 g/mol. The molecule has 0 aromatic heterocycles. The van der Waals surface area contributed by atoms with Gasteiger partial charge >= 0.3 is 5.97 Å². The summed E-state index contributed by atoms with van der Waals surface area (Å²) in [4.78, 5) is 24.8. The van der Waals surface area contributed by atoms with Crippen LogP contribution in [0.15, 0.2) is 84.9 Å². The SMILES string of the molecule is CCCCOc1ccc(C(=O)OCC(=O)NC(c2ccccc2)c2ccccc2)cc1. The topological polar surface area (TPSA) is 64.6 Å². The van der Waals surface area contributed by atoms with Crippen molar-refractivity contribution >= 4 is 11.9 Å². The van der Waals surface area contributed by atoms with E-state index in [0.29, 0.717) is 17.9 Å². The summed E-state index contributed by atoms with van der Waals surface area (Å²) in [5, 5.41) is 2.96. The maximum atomic E-state index is 12.5. The molecule has 3 aromatic carbocycles. The van der Waals surface area contributed by atoms with E-state index in [0.717, 1.165) is 24.0 Å². The molecule has 0 atom stereocenters. The number of nitrogens with one attached hydrogen (secondary N) is 1. The molecule has 0 fully saturated rings. The van der Waals surface area contributed by atoms with E-state index in [-0.39, 0.29) is 18.6 Å². The predicted octanol–water partition coefficient (Wildman–Crippen LogP) is 4.93. The van der Waals surface area contributed by atoms with Gasteiger partial charge in [-0.05, 0) is 41.8 Å². The minimum Gasteiger partial charge on any atom is -0.494 e. The lowest BCUT2D eigenvalue weighted by Crippen LogP contribution is -2.33. The van der Waals surface area contributed by atoms with Crippen LogP contribution in [0.4, 0.5) is 0 Å². The Balaban J connectivity index is 1.57. The van der Waals surface area contributed by atoms with Crippen LogP contribution in [0.1, 0.15) is 47.3 Å². The quantitative estimate of drug-likeness (QED) is 0.375. The summed E-state index contributed by atoms with van der Waals surface area (Å²) in [5.74, 6) is -0.215. The fraction of sp³-hybridized carbons (Fsp3) is 0.231. The first kappa shape index (κ1) is 22.1. The zero-order chi connectivity index (χ0) is 21.9. The molecule has 3 aromatic rings. The van der Waals surface area contributed by atoms with Gasteiger partial charge < -0.3 is 14.8 Å². The molecule has 0 saturated heterocycles. The highest BCUT2D eigenvalue weighted by molar-refractivity contribution is 5.91. The van der Waals surface area contributed by atoms with Crippen LogP contribution in [0, 0.1) is 0 Å². The number of ether oxygens (including phenoxy) is 2. The van der Waals surface area contributed by atoms with Crippen LogP contribution in [0.3, 0.4) is 0 Å². The van der Waals surface area contributed by atoms with E-state index >= 15 is 0 Å². The van der Waals surface area contributed by atoms with Crippen LogP contribution < -0.4 is 10.1 Å². The van der Waals surface area contributed by atoms with E-state index in [9.17, 15) is 9.59 Å². The van der Waals surface area contributed by atoms with Gasteiger partial charge in [0, 0.05) is 0 Å². The number of carbonyl (C=O) groups excluding carboxylic acids is 2. The van der Waals surface area contributed by atoms with E-state index in [2.05, 4.69) is 12.2 Å². The summed E-state index contributed by atoms with van der Waals surface area (Å²) >= 11 is 0. The molecule has 1 N–H and O–H groups in total. The van der Waals surface area contributed by atoms with Crippen molar-refractivity contribution in [3.8, 4) is 5.75 Å². The average Bonchev–Trinajstić information content (AvgIpc) is 2.83. The molecule has 0 aliphatic rings. The molecule has 0 bridgehead atoms. The number of unbranched alkanes of at least 4 members (excludes halogenated alkanes) is 1. The Morgan fingerprint density at radius 2 is 1.42 bits per heavy atom. The number of amides is 1. The summed E-state index contributed by atoms with van der Waals surface area (Å²) in [6, 6.07) is 25.8. The fourth-order valence-corrected chi connectivity index (χ4v) is 3.09. The highest BCUT2D eigenvalue weighted by Gasteiger charge is 2.18. The molecule has 0 spiro atoms. The van der Waals surface area contributed by atoms with E-state index in [1.54, 1.807) is 24.3 Å². The Labute approximate surface area is 183 Å². The molecule has 160 valence electrons. The molecule has 5 nitrogen and oxygen atoms in total. The zero-order valence-corrected chi connectivity index (χ0v) is 17.6. The van der Waals surface area contributed by atoms with Gasteiger partial charge in [-0.25, -0.2) is 4.79 Å². The Hall–Kier alpha value is -3.60. The predicted molar refractivity (Wildman–Crippen MR) is 120 cm³/mol. The third kappa shape index (κ3) is 6.71. The first-order chi connectivity index (χ1) is 15.2. The van der Waals surface area contributed by atoms with E-state index < -0.39 is 5.97 Å². The van der Waals surface area contributed by atoms with Gasteiger partial charge in [-0.1, -0.05) is 74.0 Å². The van der Waals surface area contributed by atoms with Crippen LogP contribution in [0.2, 0.25) is 0 Å². The van der Waals surface area contributed by atoms with Crippen LogP contribution in [0.5, 0.6) is 5.75 Å². The normalized spacial score (nSPS) is 10.5. The van der Waals surface area contributed by atoms with Gasteiger partial charge in [-0.15, -0.1) is 0 Å². The Kier molecular flexibility index (Phi) is 8.23. The van der Waals surface area contributed by atoms with Crippen molar-refractivity contribution in [3.05, 3.63) is 102 Å². The van der Waals surface area contributed by atoms with Crippen LogP contribution in [-0.4, -0.2) is 25.1 Å². The number of hydrogen-bond donors (Lipinski definition) is 1. The minimum atomic E-state index is -0.550. The summed E-state index contributed by atoms with van der Waals surface area (Å²) in [5.41, 5.74) is 2.28. The number of esters is 1. The lowest BCUT2D eigenvalue weighted by molar-refractivity contribution is -0.124. The van der Waals surface area contributed by atoms with Gasteiger partial charge in [-0.3, -0.25) is 4.79 Å². The second kappa shape index (κ2) is 11.6. The van der Waals surface area contributed by atoms with Gasteiger partial charge in [-0.2, -0.15) is 0 Å². The maximum Gasteiger partial charge on any atom is 0.338 e. The molecular formula is C26H27NO4. The first-order valence-electron chi connectivity index (χ1n) is 10.5. The number of carbonyl (C=O) groups is 2. The second-order valence-electron chi connectivity index (χ2n) is 7.12. The van der Waals surface area contributed by atoms with Gasteiger partial charge in [0.05, 0.1) is 18.2 Å². The molecule has 0 aliphatic heterocycles. The molecule has 0 unspecified atom stereocenters. The average molecular weight is 418 g/mol. The van der Waals surface area contributed by atoms with Crippen molar-refractivity contribution in [2.45, 2.75) is 25.8 Å². The Morgan fingerprint density at radius 3 is 1.97 bits per heavy atom. The third-order valence-electron chi connectivity index (χ3n) is 4.76. The summed E-state index contributed by atoms with van der Waals surface area (Å²) in [7, 11) is 0. The molecule has 31 heavy (non-hydrogen) atoms. The van der Waals surface area contributed by atoms with Crippen LogP contribution in [-0.2, 0) is 9.53 Å².